The molecule has 0 atom stereocenters. The molecule has 0 radical (unpaired) electrons. The van der Waals surface area contributed by atoms with E-state index in [1.54, 1.807) is 26.0 Å². The van der Waals surface area contributed by atoms with Gasteiger partial charge in [0.15, 0.2) is 0 Å². The van der Waals surface area contributed by atoms with Gasteiger partial charge in [0, 0.05) is 11.3 Å². The zero-order valence-electron chi connectivity index (χ0n) is 19.2. The molecule has 0 aliphatic carbocycles. The molecule has 3 aromatic carbocycles. The van der Waals surface area contributed by atoms with E-state index in [1.807, 2.05) is 26.0 Å². The quantitative estimate of drug-likeness (QED) is 0.417. The van der Waals surface area contributed by atoms with Gasteiger partial charge < -0.3 is 10.1 Å². The van der Waals surface area contributed by atoms with E-state index >= 15 is 0 Å². The molecule has 0 bridgehead atoms. The number of hydrogen-bond acceptors (Lipinski definition) is 5. The first kappa shape index (κ1) is 25.3. The van der Waals surface area contributed by atoms with Crippen molar-refractivity contribution in [3.8, 4) is 0 Å². The molecule has 1 amide bonds. The lowest BCUT2D eigenvalue weighted by atomic mass is 10.1. The number of hydrogen-bond donors (Lipinski definition) is 2. The lowest BCUT2D eigenvalue weighted by Crippen LogP contribution is -2.17. The first-order valence-electron chi connectivity index (χ1n) is 10.5. The fourth-order valence-electron chi connectivity index (χ4n) is 3.25. The van der Waals surface area contributed by atoms with Crippen LogP contribution in [0.3, 0.4) is 0 Å². The van der Waals surface area contributed by atoms with Gasteiger partial charge in [-0.2, -0.15) is 0 Å². The molecule has 3 rings (SSSR count). The number of ether oxygens (including phenoxy) is 1. The first-order valence-corrected chi connectivity index (χ1v) is 12.4. The minimum absolute atomic E-state index is 0.00301. The van der Waals surface area contributed by atoms with E-state index in [0.29, 0.717) is 16.9 Å². The predicted molar refractivity (Wildman–Crippen MR) is 133 cm³/mol. The van der Waals surface area contributed by atoms with Crippen molar-refractivity contribution in [3.63, 3.8) is 0 Å². The van der Waals surface area contributed by atoms with Crippen LogP contribution in [0.25, 0.3) is 0 Å². The summed E-state index contributed by atoms with van der Waals surface area (Å²) in [6, 6.07) is 14.3. The molecule has 0 unspecified atom stereocenters. The van der Waals surface area contributed by atoms with E-state index in [9.17, 15) is 18.0 Å². The van der Waals surface area contributed by atoms with E-state index in [0.717, 1.165) is 11.1 Å². The monoisotopic (exact) mass is 500 g/mol. The Bertz CT molecular complexity index is 1370. The topological polar surface area (TPSA) is 102 Å². The Morgan fingerprint density at radius 1 is 0.941 bits per heavy atom. The van der Waals surface area contributed by atoms with E-state index < -0.39 is 21.9 Å². The van der Waals surface area contributed by atoms with E-state index in [-0.39, 0.29) is 27.7 Å². The Hall–Kier alpha value is -3.36. The molecule has 0 aromatic heterocycles. The second-order valence-electron chi connectivity index (χ2n) is 7.77. The number of esters is 1. The van der Waals surface area contributed by atoms with Gasteiger partial charge in [-0.1, -0.05) is 29.8 Å². The van der Waals surface area contributed by atoms with Crippen LogP contribution in [0.15, 0.2) is 59.5 Å². The van der Waals surface area contributed by atoms with Gasteiger partial charge in [0.05, 0.1) is 27.8 Å². The molecule has 3 aromatic rings. The maximum atomic E-state index is 13.1. The summed E-state index contributed by atoms with van der Waals surface area (Å²) in [7, 11) is -3.94. The van der Waals surface area contributed by atoms with Gasteiger partial charge in [-0.15, -0.1) is 0 Å². The summed E-state index contributed by atoms with van der Waals surface area (Å²) >= 11 is 6.16. The van der Waals surface area contributed by atoms with Gasteiger partial charge in [0.1, 0.15) is 0 Å². The predicted octanol–water partition coefficient (Wildman–Crippen LogP) is 5.50. The minimum atomic E-state index is -3.94. The maximum Gasteiger partial charge on any atom is 0.339 e. The van der Waals surface area contributed by atoms with Crippen molar-refractivity contribution in [2.45, 2.75) is 32.6 Å². The van der Waals surface area contributed by atoms with Gasteiger partial charge in [0.25, 0.3) is 15.9 Å². The third-order valence-electron chi connectivity index (χ3n) is 5.10. The molecular formula is C25H25ClN2O5S. The molecule has 34 heavy (non-hydrogen) atoms. The summed E-state index contributed by atoms with van der Waals surface area (Å²) in [6.07, 6.45) is 0. The summed E-state index contributed by atoms with van der Waals surface area (Å²) in [5.74, 6) is -1.08. The normalized spacial score (nSPS) is 11.1. The molecule has 0 heterocycles. The van der Waals surface area contributed by atoms with Crippen molar-refractivity contribution in [2.24, 2.45) is 0 Å². The Labute approximate surface area is 204 Å². The van der Waals surface area contributed by atoms with E-state index in [2.05, 4.69) is 10.0 Å². The highest BCUT2D eigenvalue weighted by molar-refractivity contribution is 7.92. The summed E-state index contributed by atoms with van der Waals surface area (Å²) in [5, 5.41) is 2.80. The number of halogens is 1. The Morgan fingerprint density at radius 2 is 1.65 bits per heavy atom. The van der Waals surface area contributed by atoms with Crippen LogP contribution >= 0.6 is 11.6 Å². The molecule has 0 saturated heterocycles. The maximum absolute atomic E-state index is 13.1. The zero-order chi connectivity index (χ0) is 25.0. The van der Waals surface area contributed by atoms with E-state index in [4.69, 9.17) is 16.3 Å². The lowest BCUT2D eigenvalue weighted by molar-refractivity contribution is 0.0526. The van der Waals surface area contributed by atoms with Crippen molar-refractivity contribution < 1.29 is 22.7 Å². The average Bonchev–Trinajstić information content (AvgIpc) is 2.76. The number of benzene rings is 3. The molecule has 0 fully saturated rings. The summed E-state index contributed by atoms with van der Waals surface area (Å²) < 4.78 is 33.8. The number of rotatable bonds is 7. The molecule has 9 heteroatoms. The van der Waals surface area contributed by atoms with Crippen LogP contribution in [0.4, 0.5) is 11.4 Å². The number of nitrogens with one attached hydrogen (secondary N) is 2. The van der Waals surface area contributed by atoms with Crippen LogP contribution in [-0.4, -0.2) is 26.9 Å². The fourth-order valence-corrected chi connectivity index (χ4v) is 4.90. The van der Waals surface area contributed by atoms with Gasteiger partial charge >= 0.3 is 5.97 Å². The number of aryl methyl sites for hydroxylation is 3. The Morgan fingerprint density at radius 3 is 2.32 bits per heavy atom. The Kier molecular flexibility index (Phi) is 7.64. The van der Waals surface area contributed by atoms with Crippen molar-refractivity contribution in [1.29, 1.82) is 0 Å². The van der Waals surface area contributed by atoms with Gasteiger partial charge in [-0.05, 0) is 80.8 Å². The highest BCUT2D eigenvalue weighted by atomic mass is 35.5. The van der Waals surface area contributed by atoms with Crippen molar-refractivity contribution >= 4 is 44.9 Å². The zero-order valence-corrected chi connectivity index (χ0v) is 20.8. The summed E-state index contributed by atoms with van der Waals surface area (Å²) in [6.45, 7) is 7.25. The number of anilines is 2. The van der Waals surface area contributed by atoms with Crippen molar-refractivity contribution in [3.05, 3.63) is 87.4 Å². The highest BCUT2D eigenvalue weighted by Gasteiger charge is 2.21. The summed E-state index contributed by atoms with van der Waals surface area (Å²) in [5.41, 5.74) is 3.35. The van der Waals surface area contributed by atoms with Crippen LogP contribution in [0.2, 0.25) is 5.02 Å². The molecule has 0 saturated carbocycles. The number of amides is 1. The highest BCUT2D eigenvalue weighted by Crippen LogP contribution is 2.25. The summed E-state index contributed by atoms with van der Waals surface area (Å²) in [4.78, 5) is 24.7. The average molecular weight is 501 g/mol. The van der Waals surface area contributed by atoms with Gasteiger partial charge in [-0.25, -0.2) is 13.2 Å². The van der Waals surface area contributed by atoms with Crippen molar-refractivity contribution in [1.82, 2.24) is 0 Å². The molecule has 0 spiro atoms. The molecule has 0 aliphatic heterocycles. The molecule has 0 aliphatic rings. The largest absolute Gasteiger partial charge is 0.462 e. The molecule has 2 N–H and O–H groups in total. The SMILES string of the molecule is CCOC(=O)c1ccc(NC(=O)c2ccc(C)c(S(=O)(=O)Nc3cc(C)ccc3C)c2)cc1Cl. The smallest absolute Gasteiger partial charge is 0.339 e. The third-order valence-corrected chi connectivity index (χ3v) is 6.92. The lowest BCUT2D eigenvalue weighted by Gasteiger charge is -2.14. The van der Waals surface area contributed by atoms with E-state index in [1.165, 1.54) is 30.3 Å². The molecular weight excluding hydrogens is 476 g/mol. The Balaban J connectivity index is 1.85. The van der Waals surface area contributed by atoms with Crippen molar-refractivity contribution in [2.75, 3.05) is 16.6 Å². The second kappa shape index (κ2) is 10.3. The minimum Gasteiger partial charge on any atom is -0.462 e. The van der Waals surface area contributed by atoms with Crippen LogP contribution in [0, 0.1) is 20.8 Å². The number of carbonyl (C=O) groups is 2. The standard InChI is InChI=1S/C25H25ClN2O5S/c1-5-33-25(30)20-11-10-19(14-21(20)26)27-24(29)18-9-8-17(4)23(13-18)34(31,32)28-22-12-15(2)6-7-16(22)3/h6-14,28H,5H2,1-4H3,(H,27,29). The van der Waals surface area contributed by atoms with Crippen LogP contribution < -0.4 is 10.0 Å². The molecule has 7 nitrogen and oxygen atoms in total. The van der Waals surface area contributed by atoms with Crippen LogP contribution in [-0.2, 0) is 14.8 Å². The molecule has 178 valence electrons. The van der Waals surface area contributed by atoms with Crippen LogP contribution in [0.1, 0.15) is 44.3 Å². The van der Waals surface area contributed by atoms with Gasteiger partial charge in [-0.3, -0.25) is 9.52 Å². The first-order chi connectivity index (χ1) is 16.0. The van der Waals surface area contributed by atoms with Gasteiger partial charge in [0.2, 0.25) is 0 Å². The fraction of sp³-hybridized carbons (Fsp3) is 0.200. The number of sulfonamides is 1. The third kappa shape index (κ3) is 5.76. The second-order valence-corrected chi connectivity index (χ2v) is 9.83. The van der Waals surface area contributed by atoms with Crippen LogP contribution in [0.5, 0.6) is 0 Å². The number of carbonyl (C=O) groups excluding carboxylic acids is 2.